The molecular formula is C12H15NO5. The fraction of sp³-hybridized carbons (Fsp3) is 0.750. The van der Waals surface area contributed by atoms with E-state index in [1.165, 1.54) is 4.90 Å². The van der Waals surface area contributed by atoms with E-state index in [1.807, 2.05) is 0 Å². The highest BCUT2D eigenvalue weighted by atomic mass is 16.5. The minimum absolute atomic E-state index is 0.112. The summed E-state index contributed by atoms with van der Waals surface area (Å²) in [4.78, 5) is 36.2. The molecule has 2 aliphatic carbocycles. The highest BCUT2D eigenvalue weighted by molar-refractivity contribution is 5.99. The Morgan fingerprint density at radius 1 is 1.17 bits per heavy atom. The largest absolute Gasteiger partial charge is 0.481 e. The fourth-order valence-electron chi connectivity index (χ4n) is 3.82. The lowest BCUT2D eigenvalue weighted by atomic mass is 9.83. The second kappa shape index (κ2) is 4.05. The normalized spacial score (nSPS) is 39.4. The van der Waals surface area contributed by atoms with Crippen LogP contribution in [-0.4, -0.2) is 47.0 Å². The van der Waals surface area contributed by atoms with Crippen molar-refractivity contribution in [1.82, 2.24) is 4.90 Å². The number of hydrogen-bond acceptors (Lipinski definition) is 4. The van der Waals surface area contributed by atoms with Gasteiger partial charge in [0.2, 0.25) is 0 Å². The summed E-state index contributed by atoms with van der Waals surface area (Å²) in [6.07, 6.45) is 2.63. The number of hydrogen-bond donors (Lipinski definition) is 1. The Labute approximate surface area is 104 Å². The molecular weight excluding hydrogens is 238 g/mol. The highest BCUT2D eigenvalue weighted by Gasteiger charge is 2.55. The Morgan fingerprint density at radius 2 is 1.78 bits per heavy atom. The van der Waals surface area contributed by atoms with Crippen LogP contribution in [0.5, 0.6) is 0 Å². The van der Waals surface area contributed by atoms with E-state index >= 15 is 0 Å². The Balaban J connectivity index is 1.91. The fourth-order valence-corrected chi connectivity index (χ4v) is 3.82. The molecule has 3 fully saturated rings. The first-order valence-corrected chi connectivity index (χ1v) is 6.25. The molecule has 2 bridgehead atoms. The SMILES string of the molecule is O=C(O)C1C2CCC(C2)C1N1C(=O)COCC1=O. The smallest absolute Gasteiger partial charge is 0.308 e. The van der Waals surface area contributed by atoms with Gasteiger partial charge in [-0.3, -0.25) is 19.3 Å². The van der Waals surface area contributed by atoms with Gasteiger partial charge in [-0.1, -0.05) is 0 Å². The summed E-state index contributed by atoms with van der Waals surface area (Å²) in [6, 6.07) is -0.454. The molecule has 0 aromatic heterocycles. The van der Waals surface area contributed by atoms with E-state index < -0.39 is 29.7 Å². The first kappa shape index (κ1) is 11.6. The number of carboxylic acids is 1. The van der Waals surface area contributed by atoms with Gasteiger partial charge in [-0.05, 0) is 31.1 Å². The molecule has 0 radical (unpaired) electrons. The van der Waals surface area contributed by atoms with Crippen molar-refractivity contribution in [1.29, 1.82) is 0 Å². The van der Waals surface area contributed by atoms with Gasteiger partial charge in [-0.15, -0.1) is 0 Å². The molecule has 2 saturated carbocycles. The van der Waals surface area contributed by atoms with Crippen molar-refractivity contribution in [3.05, 3.63) is 0 Å². The van der Waals surface area contributed by atoms with E-state index in [9.17, 15) is 19.5 Å². The quantitative estimate of drug-likeness (QED) is 0.693. The van der Waals surface area contributed by atoms with Crippen molar-refractivity contribution < 1.29 is 24.2 Å². The summed E-state index contributed by atoms with van der Waals surface area (Å²) in [5.41, 5.74) is 0. The molecule has 1 heterocycles. The molecule has 6 heteroatoms. The minimum atomic E-state index is -0.890. The van der Waals surface area contributed by atoms with Gasteiger partial charge in [0.05, 0.1) is 12.0 Å². The van der Waals surface area contributed by atoms with Crippen molar-refractivity contribution in [2.75, 3.05) is 13.2 Å². The average molecular weight is 253 g/mol. The number of fused-ring (bicyclic) bond motifs is 2. The van der Waals surface area contributed by atoms with Crippen LogP contribution in [0.1, 0.15) is 19.3 Å². The third-order valence-electron chi connectivity index (χ3n) is 4.44. The summed E-state index contributed by atoms with van der Waals surface area (Å²) in [6.45, 7) is -0.238. The summed E-state index contributed by atoms with van der Waals surface area (Å²) in [7, 11) is 0. The predicted molar refractivity (Wildman–Crippen MR) is 58.4 cm³/mol. The third-order valence-corrected chi connectivity index (χ3v) is 4.44. The van der Waals surface area contributed by atoms with Gasteiger partial charge in [0.1, 0.15) is 13.2 Å². The maximum Gasteiger partial charge on any atom is 0.308 e. The number of imide groups is 1. The van der Waals surface area contributed by atoms with E-state index in [1.54, 1.807) is 0 Å². The summed E-state index contributed by atoms with van der Waals surface area (Å²) >= 11 is 0. The van der Waals surface area contributed by atoms with Gasteiger partial charge in [-0.2, -0.15) is 0 Å². The van der Waals surface area contributed by atoms with E-state index in [0.29, 0.717) is 0 Å². The second-order valence-corrected chi connectivity index (χ2v) is 5.34. The number of carboxylic acid groups (broad SMARTS) is 1. The Bertz CT molecular complexity index is 405. The van der Waals surface area contributed by atoms with Crippen LogP contribution < -0.4 is 0 Å². The van der Waals surface area contributed by atoms with Gasteiger partial charge in [-0.25, -0.2) is 0 Å². The second-order valence-electron chi connectivity index (χ2n) is 5.34. The van der Waals surface area contributed by atoms with Crippen molar-refractivity contribution >= 4 is 17.8 Å². The zero-order valence-electron chi connectivity index (χ0n) is 9.87. The number of amides is 2. The monoisotopic (exact) mass is 253 g/mol. The lowest BCUT2D eigenvalue weighted by Crippen LogP contribution is -2.57. The van der Waals surface area contributed by atoms with Crippen molar-refractivity contribution in [2.24, 2.45) is 17.8 Å². The Kier molecular flexibility index (Phi) is 2.62. The maximum atomic E-state index is 11.8. The Hall–Kier alpha value is -1.43. The molecule has 18 heavy (non-hydrogen) atoms. The van der Waals surface area contributed by atoms with Gasteiger partial charge < -0.3 is 9.84 Å². The van der Waals surface area contributed by atoms with E-state index in [-0.39, 0.29) is 25.0 Å². The van der Waals surface area contributed by atoms with Crippen molar-refractivity contribution in [3.63, 3.8) is 0 Å². The predicted octanol–water partition coefficient (Wildman–Crippen LogP) is -0.129. The van der Waals surface area contributed by atoms with Crippen LogP contribution in [0.4, 0.5) is 0 Å². The molecule has 98 valence electrons. The molecule has 0 aromatic carbocycles. The van der Waals surface area contributed by atoms with Crippen LogP contribution >= 0.6 is 0 Å². The molecule has 3 rings (SSSR count). The van der Waals surface area contributed by atoms with Crippen LogP contribution in [0.25, 0.3) is 0 Å². The van der Waals surface area contributed by atoms with Crippen molar-refractivity contribution in [3.8, 4) is 0 Å². The van der Waals surface area contributed by atoms with E-state index in [0.717, 1.165) is 19.3 Å². The molecule has 4 atom stereocenters. The maximum absolute atomic E-state index is 11.8. The summed E-state index contributed by atoms with van der Waals surface area (Å²) in [5.74, 6) is -2.00. The average Bonchev–Trinajstić information content (AvgIpc) is 2.88. The molecule has 4 unspecified atom stereocenters. The number of morpholine rings is 1. The number of carbonyl (C=O) groups excluding carboxylic acids is 2. The summed E-state index contributed by atoms with van der Waals surface area (Å²) < 4.78 is 4.87. The first-order chi connectivity index (χ1) is 8.59. The van der Waals surface area contributed by atoms with E-state index in [4.69, 9.17) is 4.74 Å². The third kappa shape index (κ3) is 1.55. The standard InChI is InChI=1S/C12H15NO5/c14-8-4-18-5-9(15)13(8)11-7-2-1-6(3-7)10(11)12(16)17/h6-7,10-11H,1-5H2,(H,16,17). The molecule has 6 nitrogen and oxygen atoms in total. The molecule has 1 aliphatic heterocycles. The number of ether oxygens (including phenoxy) is 1. The minimum Gasteiger partial charge on any atom is -0.481 e. The van der Waals surface area contributed by atoms with Gasteiger partial charge in [0.15, 0.2) is 0 Å². The van der Waals surface area contributed by atoms with E-state index in [2.05, 4.69) is 0 Å². The van der Waals surface area contributed by atoms with Gasteiger partial charge in [0, 0.05) is 0 Å². The number of carbonyl (C=O) groups is 3. The molecule has 0 spiro atoms. The van der Waals surface area contributed by atoms with Crippen LogP contribution in [0, 0.1) is 17.8 Å². The van der Waals surface area contributed by atoms with Gasteiger partial charge >= 0.3 is 5.97 Å². The number of nitrogens with zero attached hydrogens (tertiary/aromatic N) is 1. The number of aliphatic carboxylic acids is 1. The van der Waals surface area contributed by atoms with Crippen LogP contribution in [0.15, 0.2) is 0 Å². The molecule has 1 saturated heterocycles. The van der Waals surface area contributed by atoms with Gasteiger partial charge in [0.25, 0.3) is 11.8 Å². The van der Waals surface area contributed by atoms with Crippen molar-refractivity contribution in [2.45, 2.75) is 25.3 Å². The van der Waals surface area contributed by atoms with Crippen LogP contribution in [-0.2, 0) is 19.1 Å². The first-order valence-electron chi connectivity index (χ1n) is 6.25. The zero-order valence-corrected chi connectivity index (χ0v) is 9.87. The van der Waals surface area contributed by atoms with Crippen LogP contribution in [0.2, 0.25) is 0 Å². The highest BCUT2D eigenvalue weighted by Crippen LogP contribution is 2.50. The van der Waals surface area contributed by atoms with Crippen LogP contribution in [0.3, 0.4) is 0 Å². The lowest BCUT2D eigenvalue weighted by molar-refractivity contribution is -0.166. The number of rotatable bonds is 2. The molecule has 0 aromatic rings. The Morgan fingerprint density at radius 3 is 2.39 bits per heavy atom. The topological polar surface area (TPSA) is 83.9 Å². The molecule has 2 amide bonds. The zero-order chi connectivity index (χ0) is 12.9. The summed E-state index contributed by atoms with van der Waals surface area (Å²) in [5, 5.41) is 9.33. The molecule has 1 N–H and O–H groups in total. The lowest BCUT2D eigenvalue weighted by Gasteiger charge is -2.38. The molecule has 3 aliphatic rings.